The third kappa shape index (κ3) is 3.79. The molecule has 6 nitrogen and oxygen atoms in total. The van der Waals surface area contributed by atoms with Gasteiger partial charge in [0.2, 0.25) is 0 Å². The third-order valence-corrected chi connectivity index (χ3v) is 8.51. The van der Waals surface area contributed by atoms with Crippen molar-refractivity contribution in [3.63, 3.8) is 0 Å². The van der Waals surface area contributed by atoms with Crippen LogP contribution >= 0.6 is 0 Å². The van der Waals surface area contributed by atoms with E-state index in [1.807, 2.05) is 14.0 Å². The van der Waals surface area contributed by atoms with Crippen molar-refractivity contribution in [1.29, 1.82) is 0 Å². The van der Waals surface area contributed by atoms with Crippen LogP contribution in [0.15, 0.2) is 11.6 Å². The maximum absolute atomic E-state index is 12.2. The quantitative estimate of drug-likeness (QED) is 0.280. The summed E-state index contributed by atoms with van der Waals surface area (Å²) in [6, 6.07) is 0. The number of aldehydes is 1. The minimum absolute atomic E-state index is 0.0308. The Morgan fingerprint density at radius 2 is 2.03 bits per heavy atom. The van der Waals surface area contributed by atoms with Crippen molar-refractivity contribution in [3.05, 3.63) is 11.6 Å². The minimum atomic E-state index is -0.810. The molecule has 3 aliphatic carbocycles. The average molecular weight is 408 g/mol. The average Bonchev–Trinajstić information content (AvgIpc) is 2.69. The molecule has 0 spiro atoms. The molecule has 8 atom stereocenters. The van der Waals surface area contributed by atoms with Crippen LogP contribution in [0.5, 0.6) is 0 Å². The number of likely N-dealkylation sites (N-methyl/N-ethyl adjacent to an activating group) is 1. The Labute approximate surface area is 174 Å². The molecule has 0 heterocycles. The molecule has 0 saturated heterocycles. The maximum Gasteiger partial charge on any atom is 0.330 e. The lowest BCUT2D eigenvalue weighted by Gasteiger charge is -2.63. The number of nitrogens with one attached hydrogen (secondary N) is 1. The molecule has 0 bridgehead atoms. The molecule has 0 radical (unpaired) electrons. The van der Waals surface area contributed by atoms with Gasteiger partial charge in [0.05, 0.1) is 17.6 Å². The molecule has 6 heteroatoms. The number of allylic oxidation sites excluding steroid dienone is 1. The summed E-state index contributed by atoms with van der Waals surface area (Å²) in [4.78, 5) is 24.2. The molecule has 3 saturated carbocycles. The van der Waals surface area contributed by atoms with Gasteiger partial charge in [0.15, 0.2) is 0 Å². The fraction of sp³-hybridized carbons (Fsp3) is 0.826. The number of ether oxygens (including phenoxy) is 1. The highest BCUT2D eigenvalue weighted by Gasteiger charge is 2.62. The van der Waals surface area contributed by atoms with Crippen LogP contribution in [0.25, 0.3) is 0 Å². The zero-order valence-electron chi connectivity index (χ0n) is 18.2. The van der Waals surface area contributed by atoms with E-state index in [0.29, 0.717) is 26.0 Å². The molecule has 0 aliphatic heterocycles. The monoisotopic (exact) mass is 407 g/mol. The SMILES string of the molecule is CNCCOC(=O)/C=C1\CC[C@H]2[C@@H]([C@@H](O)C[C@H]3[C@@](C)(C=O)[C@@H](O)CC[C@]23C)[C@H]1C. The first kappa shape index (κ1) is 22.4. The predicted octanol–water partition coefficient (Wildman–Crippen LogP) is 2.08. The highest BCUT2D eigenvalue weighted by atomic mass is 16.5. The van der Waals surface area contributed by atoms with Gasteiger partial charge in [-0.1, -0.05) is 26.3 Å². The van der Waals surface area contributed by atoms with E-state index in [4.69, 9.17) is 4.74 Å². The van der Waals surface area contributed by atoms with E-state index in [1.54, 1.807) is 6.08 Å². The van der Waals surface area contributed by atoms with E-state index in [0.717, 1.165) is 31.1 Å². The summed E-state index contributed by atoms with van der Waals surface area (Å²) in [5.74, 6) is 0.0803. The number of rotatable bonds is 5. The Morgan fingerprint density at radius 3 is 2.69 bits per heavy atom. The molecule has 0 unspecified atom stereocenters. The Hall–Kier alpha value is -1.24. The predicted molar refractivity (Wildman–Crippen MR) is 110 cm³/mol. The highest BCUT2D eigenvalue weighted by Crippen LogP contribution is 2.64. The maximum atomic E-state index is 12.2. The number of aliphatic hydroxyl groups is 2. The van der Waals surface area contributed by atoms with Crippen LogP contribution in [0, 0.1) is 34.5 Å². The molecular formula is C23H37NO5. The Kier molecular flexibility index (Phi) is 6.56. The van der Waals surface area contributed by atoms with Crippen LogP contribution in [0.2, 0.25) is 0 Å². The number of fused-ring (bicyclic) bond motifs is 3. The number of carbonyl (C=O) groups excluding carboxylic acids is 2. The van der Waals surface area contributed by atoms with Gasteiger partial charge in [0.25, 0.3) is 0 Å². The number of hydrogen-bond acceptors (Lipinski definition) is 6. The highest BCUT2D eigenvalue weighted by molar-refractivity contribution is 5.83. The van der Waals surface area contributed by atoms with Gasteiger partial charge < -0.3 is 25.1 Å². The second-order valence-electron chi connectivity index (χ2n) is 9.90. The van der Waals surface area contributed by atoms with Crippen molar-refractivity contribution in [2.75, 3.05) is 20.2 Å². The zero-order chi connectivity index (χ0) is 21.4. The molecule has 0 aromatic rings. The first-order chi connectivity index (χ1) is 13.7. The van der Waals surface area contributed by atoms with Crippen molar-refractivity contribution in [2.45, 2.75) is 65.1 Å². The van der Waals surface area contributed by atoms with E-state index in [9.17, 15) is 19.8 Å². The molecule has 29 heavy (non-hydrogen) atoms. The lowest BCUT2D eigenvalue weighted by Crippen LogP contribution is -2.62. The van der Waals surface area contributed by atoms with Gasteiger partial charge in [-0.3, -0.25) is 0 Å². The van der Waals surface area contributed by atoms with Gasteiger partial charge in [-0.2, -0.15) is 0 Å². The Bertz CT molecular complexity index is 664. The molecule has 3 N–H and O–H groups in total. The summed E-state index contributed by atoms with van der Waals surface area (Å²) in [7, 11) is 1.81. The van der Waals surface area contributed by atoms with Gasteiger partial charge in [-0.15, -0.1) is 0 Å². The van der Waals surface area contributed by atoms with Crippen molar-refractivity contribution >= 4 is 12.3 Å². The summed E-state index contributed by atoms with van der Waals surface area (Å²) in [5.41, 5.74) is 0.150. The van der Waals surface area contributed by atoms with Crippen molar-refractivity contribution in [3.8, 4) is 0 Å². The normalized spacial score (nSPS) is 45.9. The summed E-state index contributed by atoms with van der Waals surface area (Å²) in [5, 5.41) is 24.6. The van der Waals surface area contributed by atoms with Crippen molar-refractivity contribution in [2.24, 2.45) is 34.5 Å². The first-order valence-corrected chi connectivity index (χ1v) is 11.0. The summed E-state index contributed by atoms with van der Waals surface area (Å²) in [6.07, 6.45) is 5.06. The van der Waals surface area contributed by atoms with E-state index < -0.39 is 17.6 Å². The van der Waals surface area contributed by atoms with Crippen LogP contribution < -0.4 is 5.32 Å². The van der Waals surface area contributed by atoms with E-state index in [-0.39, 0.29) is 35.1 Å². The molecular weight excluding hydrogens is 370 g/mol. The fourth-order valence-electron chi connectivity index (χ4n) is 6.76. The standard InChI is InChI=1S/C23H37NO5/c1-14-15(11-20(28)29-10-9-24-4)5-6-16-21(14)17(26)12-18-22(16,2)8-7-19(27)23(18,3)13-25/h11,13-14,16-19,21,24,26-27H,5-10,12H2,1-4H3/b15-11+/t14-,16-,17-,18+,19-,21-,22+,23+/m0/s1. The van der Waals surface area contributed by atoms with Crippen molar-refractivity contribution in [1.82, 2.24) is 5.32 Å². The lowest BCUT2D eigenvalue weighted by atomic mass is 9.42. The first-order valence-electron chi connectivity index (χ1n) is 11.0. The Balaban J connectivity index is 1.83. The van der Waals surface area contributed by atoms with Crippen LogP contribution in [0.1, 0.15) is 52.9 Å². The summed E-state index contributed by atoms with van der Waals surface area (Å²) < 4.78 is 5.25. The van der Waals surface area contributed by atoms with Gasteiger partial charge in [0, 0.05) is 12.6 Å². The molecule has 0 aromatic carbocycles. The van der Waals surface area contributed by atoms with E-state index >= 15 is 0 Å². The lowest BCUT2D eigenvalue weighted by molar-refractivity contribution is -0.192. The van der Waals surface area contributed by atoms with Gasteiger partial charge in [0.1, 0.15) is 12.9 Å². The van der Waals surface area contributed by atoms with E-state index in [1.165, 1.54) is 0 Å². The van der Waals surface area contributed by atoms with Crippen molar-refractivity contribution < 1.29 is 24.5 Å². The molecule has 164 valence electrons. The second-order valence-corrected chi connectivity index (χ2v) is 9.90. The second kappa shape index (κ2) is 8.48. The van der Waals surface area contributed by atoms with Gasteiger partial charge in [-0.05, 0) is 68.2 Å². The molecule has 3 rings (SSSR count). The largest absolute Gasteiger partial charge is 0.461 e. The van der Waals surface area contributed by atoms with E-state index in [2.05, 4.69) is 19.2 Å². The molecule has 0 aromatic heterocycles. The summed E-state index contributed by atoms with van der Waals surface area (Å²) in [6.45, 7) is 7.18. The van der Waals surface area contributed by atoms with Gasteiger partial charge in [-0.25, -0.2) is 4.79 Å². The van der Waals surface area contributed by atoms with Crippen LogP contribution in [0.3, 0.4) is 0 Å². The summed E-state index contributed by atoms with van der Waals surface area (Å²) >= 11 is 0. The Morgan fingerprint density at radius 1 is 1.31 bits per heavy atom. The smallest absolute Gasteiger partial charge is 0.330 e. The molecule has 3 aliphatic rings. The topological polar surface area (TPSA) is 95.9 Å². The van der Waals surface area contributed by atoms with Crippen LogP contribution in [-0.4, -0.2) is 54.9 Å². The number of carbonyl (C=O) groups is 2. The number of esters is 1. The van der Waals surface area contributed by atoms with Crippen LogP contribution in [-0.2, 0) is 14.3 Å². The fourth-order valence-corrected chi connectivity index (χ4v) is 6.76. The number of aliphatic hydroxyl groups excluding tert-OH is 2. The molecule has 3 fully saturated rings. The minimum Gasteiger partial charge on any atom is -0.461 e. The zero-order valence-corrected chi connectivity index (χ0v) is 18.2. The van der Waals surface area contributed by atoms with Gasteiger partial charge >= 0.3 is 5.97 Å². The van der Waals surface area contributed by atoms with Crippen LogP contribution in [0.4, 0.5) is 0 Å². The molecule has 0 amide bonds. The third-order valence-electron chi connectivity index (χ3n) is 8.51. The number of hydrogen-bond donors (Lipinski definition) is 3.